The van der Waals surface area contributed by atoms with Gasteiger partial charge in [0.1, 0.15) is 16.4 Å². The van der Waals surface area contributed by atoms with Crippen LogP contribution in [-0.2, 0) is 11.2 Å². The number of hydrogen-bond donors (Lipinski definition) is 1. The number of nitrogens with zero attached hydrogens (tertiary/aromatic N) is 1. The van der Waals surface area contributed by atoms with Crippen molar-refractivity contribution in [3.8, 4) is 16.9 Å². The molecule has 0 spiro atoms. The van der Waals surface area contributed by atoms with E-state index < -0.39 is 0 Å². The zero-order chi connectivity index (χ0) is 16.4. The van der Waals surface area contributed by atoms with E-state index in [4.69, 9.17) is 9.47 Å². The molecule has 0 bridgehead atoms. The highest BCUT2D eigenvalue weighted by molar-refractivity contribution is 7.19. The number of methoxy groups -OCH3 is 2. The van der Waals surface area contributed by atoms with Crippen molar-refractivity contribution in [1.82, 2.24) is 9.97 Å². The van der Waals surface area contributed by atoms with E-state index in [9.17, 15) is 4.79 Å². The van der Waals surface area contributed by atoms with Crippen molar-refractivity contribution in [2.24, 2.45) is 0 Å². The predicted octanol–water partition coefficient (Wildman–Crippen LogP) is 3.16. The molecule has 23 heavy (non-hydrogen) atoms. The van der Waals surface area contributed by atoms with Gasteiger partial charge in [-0.2, -0.15) is 0 Å². The van der Waals surface area contributed by atoms with Gasteiger partial charge >= 0.3 is 0 Å². The van der Waals surface area contributed by atoms with Crippen LogP contribution in [0.15, 0.2) is 29.1 Å². The minimum absolute atomic E-state index is 0.108. The molecule has 1 aromatic carbocycles. The number of fused-ring (bicyclic) bond motifs is 1. The Morgan fingerprint density at radius 1 is 1.30 bits per heavy atom. The third-order valence-electron chi connectivity index (χ3n) is 3.69. The number of aromatic amines is 1. The molecule has 0 atom stereocenters. The summed E-state index contributed by atoms with van der Waals surface area (Å²) in [6.07, 6.45) is 0.590. The maximum Gasteiger partial charge on any atom is 0.260 e. The molecule has 0 aliphatic rings. The van der Waals surface area contributed by atoms with E-state index in [1.165, 1.54) is 11.3 Å². The second kappa shape index (κ2) is 6.52. The van der Waals surface area contributed by atoms with Gasteiger partial charge in [0, 0.05) is 24.0 Å². The lowest BCUT2D eigenvalue weighted by Gasteiger charge is -2.05. The fourth-order valence-electron chi connectivity index (χ4n) is 2.61. The minimum atomic E-state index is -0.108. The summed E-state index contributed by atoms with van der Waals surface area (Å²) in [5, 5.41) is 0.641. The van der Waals surface area contributed by atoms with Crippen LogP contribution in [0, 0.1) is 6.92 Å². The third kappa shape index (κ3) is 3.00. The SMILES string of the molecule is COCCc1nc2sc(C)c(-c3cccc(OC)c3)c2c(=O)[nH]1. The summed E-state index contributed by atoms with van der Waals surface area (Å²) in [7, 11) is 3.26. The number of aromatic nitrogens is 2. The van der Waals surface area contributed by atoms with Crippen molar-refractivity contribution in [3.05, 3.63) is 45.3 Å². The molecule has 1 N–H and O–H groups in total. The van der Waals surface area contributed by atoms with Crippen LogP contribution in [0.4, 0.5) is 0 Å². The van der Waals surface area contributed by atoms with Gasteiger partial charge in [-0.05, 0) is 24.6 Å². The first-order valence-corrected chi connectivity index (χ1v) is 8.11. The number of hydrogen-bond acceptors (Lipinski definition) is 5. The van der Waals surface area contributed by atoms with E-state index in [0.717, 1.165) is 26.6 Å². The Balaban J connectivity index is 2.18. The van der Waals surface area contributed by atoms with E-state index in [2.05, 4.69) is 9.97 Å². The van der Waals surface area contributed by atoms with Crippen molar-refractivity contribution in [2.75, 3.05) is 20.8 Å². The van der Waals surface area contributed by atoms with Gasteiger partial charge in [-0.1, -0.05) is 12.1 Å². The monoisotopic (exact) mass is 330 g/mol. The first-order valence-electron chi connectivity index (χ1n) is 7.29. The number of H-pyrrole nitrogens is 1. The maximum absolute atomic E-state index is 12.6. The number of thiophene rings is 1. The van der Waals surface area contributed by atoms with Gasteiger partial charge in [-0.3, -0.25) is 4.79 Å². The number of aryl methyl sites for hydroxylation is 1. The van der Waals surface area contributed by atoms with Crippen molar-refractivity contribution in [3.63, 3.8) is 0 Å². The summed E-state index contributed by atoms with van der Waals surface area (Å²) in [5.74, 6) is 1.42. The van der Waals surface area contributed by atoms with Crippen LogP contribution in [0.2, 0.25) is 0 Å². The summed E-state index contributed by atoms with van der Waals surface area (Å²) < 4.78 is 10.3. The summed E-state index contributed by atoms with van der Waals surface area (Å²) in [6.45, 7) is 2.54. The molecule has 2 aromatic heterocycles. The molecule has 0 radical (unpaired) electrons. The average Bonchev–Trinajstić information content (AvgIpc) is 2.89. The number of rotatable bonds is 5. The van der Waals surface area contributed by atoms with Gasteiger partial charge in [0.05, 0.1) is 19.1 Å². The van der Waals surface area contributed by atoms with Crippen LogP contribution in [0.1, 0.15) is 10.7 Å². The van der Waals surface area contributed by atoms with Crippen LogP contribution in [0.3, 0.4) is 0 Å². The Morgan fingerprint density at radius 3 is 2.87 bits per heavy atom. The Bertz CT molecular complexity index is 898. The fourth-order valence-corrected chi connectivity index (χ4v) is 3.67. The van der Waals surface area contributed by atoms with Crippen LogP contribution < -0.4 is 10.3 Å². The van der Waals surface area contributed by atoms with Gasteiger partial charge in [0.25, 0.3) is 5.56 Å². The molecule has 120 valence electrons. The zero-order valence-electron chi connectivity index (χ0n) is 13.3. The second-order valence-corrected chi connectivity index (χ2v) is 6.40. The zero-order valence-corrected chi connectivity index (χ0v) is 14.1. The molecule has 0 unspecified atom stereocenters. The van der Waals surface area contributed by atoms with E-state index in [1.807, 2.05) is 31.2 Å². The molecule has 3 aromatic rings. The largest absolute Gasteiger partial charge is 0.497 e. The number of benzene rings is 1. The summed E-state index contributed by atoms with van der Waals surface area (Å²) in [4.78, 5) is 21.8. The highest BCUT2D eigenvalue weighted by atomic mass is 32.1. The van der Waals surface area contributed by atoms with Crippen LogP contribution >= 0.6 is 11.3 Å². The molecule has 0 aliphatic carbocycles. The summed E-state index contributed by atoms with van der Waals surface area (Å²) >= 11 is 1.54. The van der Waals surface area contributed by atoms with Crippen molar-refractivity contribution in [2.45, 2.75) is 13.3 Å². The van der Waals surface area contributed by atoms with Crippen molar-refractivity contribution in [1.29, 1.82) is 0 Å². The lowest BCUT2D eigenvalue weighted by Crippen LogP contribution is -2.12. The van der Waals surface area contributed by atoms with Gasteiger partial charge in [-0.15, -0.1) is 11.3 Å². The first-order chi connectivity index (χ1) is 11.1. The van der Waals surface area contributed by atoms with Crippen LogP contribution in [0.25, 0.3) is 21.3 Å². The van der Waals surface area contributed by atoms with E-state index in [0.29, 0.717) is 24.2 Å². The Hall–Kier alpha value is -2.18. The lowest BCUT2D eigenvalue weighted by molar-refractivity contribution is 0.200. The van der Waals surface area contributed by atoms with E-state index >= 15 is 0 Å². The minimum Gasteiger partial charge on any atom is -0.497 e. The van der Waals surface area contributed by atoms with Gasteiger partial charge < -0.3 is 14.5 Å². The molecule has 5 nitrogen and oxygen atoms in total. The standard InChI is InChI=1S/C17H18N2O3S/c1-10-14(11-5-4-6-12(9-11)22-3)15-16(20)18-13(7-8-21-2)19-17(15)23-10/h4-6,9H,7-8H2,1-3H3,(H,18,19,20). The Kier molecular flexibility index (Phi) is 4.45. The van der Waals surface area contributed by atoms with Gasteiger partial charge in [0.15, 0.2) is 0 Å². The molecule has 0 saturated heterocycles. The molecule has 3 rings (SSSR count). The lowest BCUT2D eigenvalue weighted by atomic mass is 10.0. The Morgan fingerprint density at radius 2 is 2.13 bits per heavy atom. The number of ether oxygens (including phenoxy) is 2. The smallest absolute Gasteiger partial charge is 0.260 e. The second-order valence-electron chi connectivity index (χ2n) is 5.20. The normalized spacial score (nSPS) is 11.1. The van der Waals surface area contributed by atoms with Gasteiger partial charge in [-0.25, -0.2) is 4.98 Å². The average molecular weight is 330 g/mol. The summed E-state index contributed by atoms with van der Waals surface area (Å²) in [6, 6.07) is 7.73. The third-order valence-corrected chi connectivity index (χ3v) is 4.69. The molecule has 6 heteroatoms. The fraction of sp³-hybridized carbons (Fsp3) is 0.294. The van der Waals surface area contributed by atoms with Crippen LogP contribution in [-0.4, -0.2) is 30.8 Å². The van der Waals surface area contributed by atoms with E-state index in [-0.39, 0.29) is 5.56 Å². The molecule has 0 aliphatic heterocycles. The van der Waals surface area contributed by atoms with E-state index in [1.54, 1.807) is 14.2 Å². The topological polar surface area (TPSA) is 64.2 Å². The quantitative estimate of drug-likeness (QED) is 0.780. The van der Waals surface area contributed by atoms with Crippen molar-refractivity contribution < 1.29 is 9.47 Å². The molecule has 0 fully saturated rings. The molecule has 0 saturated carbocycles. The van der Waals surface area contributed by atoms with Gasteiger partial charge in [0.2, 0.25) is 0 Å². The molecular weight excluding hydrogens is 312 g/mol. The highest BCUT2D eigenvalue weighted by Gasteiger charge is 2.17. The van der Waals surface area contributed by atoms with Crippen LogP contribution in [0.5, 0.6) is 5.75 Å². The predicted molar refractivity (Wildman–Crippen MR) is 92.5 cm³/mol. The number of nitrogens with one attached hydrogen (secondary N) is 1. The molecule has 2 heterocycles. The first kappa shape index (κ1) is 15.7. The summed E-state index contributed by atoms with van der Waals surface area (Å²) in [5.41, 5.74) is 1.78. The molecule has 0 amide bonds. The maximum atomic E-state index is 12.6. The highest BCUT2D eigenvalue weighted by Crippen LogP contribution is 2.36. The Labute approximate surface area is 137 Å². The van der Waals surface area contributed by atoms with Crippen molar-refractivity contribution >= 4 is 21.6 Å². The molecular formula is C17H18N2O3S.